The number of aryl methyl sites for hydroxylation is 1. The maximum atomic E-state index is 5.67. The number of anilines is 2. The van der Waals surface area contributed by atoms with E-state index in [2.05, 4.69) is 27.1 Å². The van der Waals surface area contributed by atoms with Gasteiger partial charge in [-0.1, -0.05) is 6.07 Å². The van der Waals surface area contributed by atoms with Crippen molar-refractivity contribution >= 4 is 11.6 Å². The highest BCUT2D eigenvalue weighted by atomic mass is 15.3. The molecule has 0 aliphatic carbocycles. The van der Waals surface area contributed by atoms with Gasteiger partial charge in [-0.15, -0.1) is 0 Å². The molecule has 1 aliphatic rings. The van der Waals surface area contributed by atoms with Crippen molar-refractivity contribution in [2.75, 3.05) is 23.7 Å². The molecule has 5 heteroatoms. The summed E-state index contributed by atoms with van der Waals surface area (Å²) < 4.78 is 2.00. The zero-order valence-corrected chi connectivity index (χ0v) is 11.2. The first-order chi connectivity index (χ1) is 9.22. The van der Waals surface area contributed by atoms with Crippen LogP contribution in [-0.2, 0) is 0 Å². The van der Waals surface area contributed by atoms with E-state index in [4.69, 9.17) is 5.73 Å². The Labute approximate surface area is 113 Å². The summed E-state index contributed by atoms with van der Waals surface area (Å²) in [6.45, 7) is 4.06. The smallest absolute Gasteiger partial charge is 0.145 e. The zero-order valence-electron chi connectivity index (χ0n) is 11.2. The highest BCUT2D eigenvalue weighted by Gasteiger charge is 2.21. The molecule has 2 aromatic rings. The van der Waals surface area contributed by atoms with Crippen LogP contribution in [0.1, 0.15) is 24.6 Å². The van der Waals surface area contributed by atoms with Crippen molar-refractivity contribution in [2.45, 2.75) is 25.8 Å². The number of nitrogens with two attached hydrogens (primary N) is 1. The Hall–Kier alpha value is -2.04. The van der Waals surface area contributed by atoms with E-state index in [0.717, 1.165) is 37.4 Å². The number of nitrogen functional groups attached to an aromatic ring is 1. The first kappa shape index (κ1) is 12.0. The van der Waals surface area contributed by atoms with Gasteiger partial charge in [-0.05, 0) is 38.0 Å². The van der Waals surface area contributed by atoms with E-state index in [0.29, 0.717) is 11.9 Å². The molecule has 19 heavy (non-hydrogen) atoms. The molecule has 1 aliphatic heterocycles. The first-order valence-corrected chi connectivity index (χ1v) is 6.71. The van der Waals surface area contributed by atoms with Crippen molar-refractivity contribution in [1.82, 2.24) is 14.8 Å². The second kappa shape index (κ2) is 4.91. The lowest BCUT2D eigenvalue weighted by Gasteiger charge is -2.33. The molecule has 0 radical (unpaired) electrons. The Morgan fingerprint density at radius 2 is 2.00 bits per heavy atom. The maximum absolute atomic E-state index is 5.67. The number of rotatable bonds is 2. The fourth-order valence-corrected chi connectivity index (χ4v) is 2.62. The quantitative estimate of drug-likeness (QED) is 0.894. The zero-order chi connectivity index (χ0) is 13.2. The number of piperidine rings is 1. The lowest BCUT2D eigenvalue weighted by atomic mass is 10.1. The molecule has 2 aromatic heterocycles. The average molecular weight is 257 g/mol. The van der Waals surface area contributed by atoms with Gasteiger partial charge < -0.3 is 10.6 Å². The lowest BCUT2D eigenvalue weighted by Crippen LogP contribution is -2.35. The highest BCUT2D eigenvalue weighted by Crippen LogP contribution is 2.25. The summed E-state index contributed by atoms with van der Waals surface area (Å²) in [6, 6.07) is 8.49. The van der Waals surface area contributed by atoms with E-state index in [9.17, 15) is 0 Å². The number of hydrogen-bond donors (Lipinski definition) is 1. The molecule has 0 aromatic carbocycles. The minimum Gasteiger partial charge on any atom is -0.382 e. The molecule has 0 spiro atoms. The third kappa shape index (κ3) is 2.54. The molecule has 0 bridgehead atoms. The Kier molecular flexibility index (Phi) is 3.11. The summed E-state index contributed by atoms with van der Waals surface area (Å²) in [5.41, 5.74) is 6.74. The maximum Gasteiger partial charge on any atom is 0.145 e. The van der Waals surface area contributed by atoms with Crippen LogP contribution in [0.2, 0.25) is 0 Å². The summed E-state index contributed by atoms with van der Waals surface area (Å²) >= 11 is 0. The average Bonchev–Trinajstić information content (AvgIpc) is 2.86. The molecule has 3 heterocycles. The number of hydrogen-bond acceptors (Lipinski definition) is 4. The largest absolute Gasteiger partial charge is 0.382 e. The standard InChI is InChI=1S/C14H19N5/c1-11-3-2-4-14(16-11)18-8-5-12(6-9-18)19-10-7-13(15)17-19/h2-4,7,10,12H,5-6,8-9H2,1H3,(H2,15,17). The Balaban J connectivity index is 1.66. The fraction of sp³-hybridized carbons (Fsp3) is 0.429. The number of pyridine rings is 1. The van der Waals surface area contributed by atoms with E-state index in [-0.39, 0.29) is 0 Å². The van der Waals surface area contributed by atoms with Crippen LogP contribution < -0.4 is 10.6 Å². The monoisotopic (exact) mass is 257 g/mol. The van der Waals surface area contributed by atoms with Crippen molar-refractivity contribution in [3.8, 4) is 0 Å². The molecule has 0 unspecified atom stereocenters. The molecule has 5 nitrogen and oxygen atoms in total. The van der Waals surface area contributed by atoms with Gasteiger partial charge in [0.05, 0.1) is 6.04 Å². The predicted octanol–water partition coefficient (Wildman–Crippen LogP) is 2.01. The number of nitrogens with zero attached hydrogens (tertiary/aromatic N) is 4. The van der Waals surface area contributed by atoms with Crippen molar-refractivity contribution in [3.63, 3.8) is 0 Å². The summed E-state index contributed by atoms with van der Waals surface area (Å²) in [4.78, 5) is 6.93. The molecule has 0 atom stereocenters. The molecule has 0 amide bonds. The van der Waals surface area contributed by atoms with Crippen LogP contribution in [0, 0.1) is 6.92 Å². The summed E-state index contributed by atoms with van der Waals surface area (Å²) in [5.74, 6) is 1.68. The topological polar surface area (TPSA) is 60.0 Å². The van der Waals surface area contributed by atoms with Crippen molar-refractivity contribution < 1.29 is 0 Å². The molecular formula is C14H19N5. The molecule has 3 rings (SSSR count). The molecule has 2 N–H and O–H groups in total. The Morgan fingerprint density at radius 1 is 1.21 bits per heavy atom. The summed E-state index contributed by atoms with van der Waals surface area (Å²) in [5, 5.41) is 4.31. The van der Waals surface area contributed by atoms with Crippen LogP contribution in [0.5, 0.6) is 0 Å². The van der Waals surface area contributed by atoms with Crippen LogP contribution >= 0.6 is 0 Å². The summed E-state index contributed by atoms with van der Waals surface area (Å²) in [7, 11) is 0. The van der Waals surface area contributed by atoms with E-state index >= 15 is 0 Å². The third-order valence-electron chi connectivity index (χ3n) is 3.67. The van der Waals surface area contributed by atoms with E-state index in [1.54, 1.807) is 0 Å². The normalized spacial score (nSPS) is 16.8. The molecule has 1 fully saturated rings. The molecule has 1 saturated heterocycles. The Bertz CT molecular complexity index is 554. The van der Waals surface area contributed by atoms with Gasteiger partial charge in [0.15, 0.2) is 0 Å². The first-order valence-electron chi connectivity index (χ1n) is 6.71. The van der Waals surface area contributed by atoms with Gasteiger partial charge in [0.2, 0.25) is 0 Å². The van der Waals surface area contributed by atoms with E-state index in [1.807, 2.05) is 29.9 Å². The Morgan fingerprint density at radius 3 is 2.63 bits per heavy atom. The van der Waals surface area contributed by atoms with Crippen molar-refractivity contribution in [1.29, 1.82) is 0 Å². The minimum absolute atomic E-state index is 0.457. The molecule has 0 saturated carbocycles. The van der Waals surface area contributed by atoms with Crippen LogP contribution in [0.3, 0.4) is 0 Å². The third-order valence-corrected chi connectivity index (χ3v) is 3.67. The van der Waals surface area contributed by atoms with Gasteiger partial charge in [-0.2, -0.15) is 5.10 Å². The fourth-order valence-electron chi connectivity index (χ4n) is 2.62. The van der Waals surface area contributed by atoms with Gasteiger partial charge in [0.1, 0.15) is 11.6 Å². The highest BCUT2D eigenvalue weighted by molar-refractivity contribution is 5.39. The van der Waals surface area contributed by atoms with E-state index in [1.165, 1.54) is 0 Å². The van der Waals surface area contributed by atoms with Crippen molar-refractivity contribution in [2.24, 2.45) is 0 Å². The second-order valence-corrected chi connectivity index (χ2v) is 5.08. The van der Waals surface area contributed by atoms with E-state index < -0.39 is 0 Å². The number of aromatic nitrogens is 3. The predicted molar refractivity (Wildman–Crippen MR) is 76.1 cm³/mol. The SMILES string of the molecule is Cc1cccc(N2CCC(n3ccc(N)n3)CC2)n1. The second-order valence-electron chi connectivity index (χ2n) is 5.08. The molecule has 100 valence electrons. The lowest BCUT2D eigenvalue weighted by molar-refractivity contribution is 0.367. The van der Waals surface area contributed by atoms with Crippen LogP contribution in [-0.4, -0.2) is 27.9 Å². The summed E-state index contributed by atoms with van der Waals surface area (Å²) in [6.07, 6.45) is 4.13. The van der Waals surface area contributed by atoms with Gasteiger partial charge in [-0.3, -0.25) is 4.68 Å². The van der Waals surface area contributed by atoms with Gasteiger partial charge >= 0.3 is 0 Å². The minimum atomic E-state index is 0.457. The molecular weight excluding hydrogens is 238 g/mol. The van der Waals surface area contributed by atoms with Crippen LogP contribution in [0.15, 0.2) is 30.5 Å². The van der Waals surface area contributed by atoms with Gasteiger partial charge in [0.25, 0.3) is 0 Å². The van der Waals surface area contributed by atoms with Crippen LogP contribution in [0.4, 0.5) is 11.6 Å². The van der Waals surface area contributed by atoms with Gasteiger partial charge in [0, 0.05) is 25.0 Å². The van der Waals surface area contributed by atoms with Gasteiger partial charge in [-0.25, -0.2) is 4.98 Å². The van der Waals surface area contributed by atoms with Crippen LogP contribution in [0.25, 0.3) is 0 Å². The van der Waals surface area contributed by atoms with Crippen molar-refractivity contribution in [3.05, 3.63) is 36.2 Å².